The summed E-state index contributed by atoms with van der Waals surface area (Å²) in [6, 6.07) is 16.2. The van der Waals surface area contributed by atoms with Gasteiger partial charge in [-0.3, -0.25) is 0 Å². The molecule has 190 valence electrons. The minimum atomic E-state index is -1.02. The Morgan fingerprint density at radius 3 is 2.51 bits per heavy atom. The molecular weight excluding hydrogens is 480 g/mol. The minimum absolute atomic E-state index is 0. The quantitative estimate of drug-likeness (QED) is 0.390. The zero-order valence-corrected chi connectivity index (χ0v) is 24.3. The van der Waals surface area contributed by atoms with Crippen molar-refractivity contribution in [3.8, 4) is 22.8 Å². The van der Waals surface area contributed by atoms with Crippen molar-refractivity contribution in [1.82, 2.24) is 4.98 Å². The molecule has 1 heterocycles. The van der Waals surface area contributed by atoms with Gasteiger partial charge in [0.25, 0.3) is 0 Å². The molecule has 1 saturated carbocycles. The number of hydrogen-bond donors (Lipinski definition) is 0. The standard InChI is InChI=1S/C30H34FNO4.Na/c1-30(2,3)17-27-23(25-15-22(35-4)10-12-26(25)31)11-13-28(32-27)36-18-19-6-5-7-21(14-19)24(16-29(33)34)20-8-9-20;/h5-7,10-15,20,24H,8-9,16-18H2,1-4H3,(H,33,34);/q;+1/p-1. The normalized spacial score (nSPS) is 14.0. The Hall–Kier alpha value is -2.41. The summed E-state index contributed by atoms with van der Waals surface area (Å²) in [5.41, 5.74) is 3.79. The molecule has 37 heavy (non-hydrogen) atoms. The van der Waals surface area contributed by atoms with E-state index in [-0.39, 0.29) is 53.1 Å². The summed E-state index contributed by atoms with van der Waals surface area (Å²) in [5.74, 6) is 0.0714. The van der Waals surface area contributed by atoms with Gasteiger partial charge in [0, 0.05) is 23.2 Å². The summed E-state index contributed by atoms with van der Waals surface area (Å²) in [7, 11) is 1.56. The fourth-order valence-corrected chi connectivity index (χ4v) is 4.59. The molecule has 0 bridgehead atoms. The van der Waals surface area contributed by atoms with E-state index in [9.17, 15) is 14.3 Å². The van der Waals surface area contributed by atoms with Crippen LogP contribution in [0.15, 0.2) is 54.6 Å². The fraction of sp³-hybridized carbons (Fsp3) is 0.400. The smallest absolute Gasteiger partial charge is 0.550 e. The Kier molecular flexibility index (Phi) is 9.79. The molecule has 0 saturated heterocycles. The molecular formula is C30H33FNNaO4. The van der Waals surface area contributed by atoms with Crippen molar-refractivity contribution in [2.24, 2.45) is 11.3 Å². The molecule has 0 spiro atoms. The second-order valence-electron chi connectivity index (χ2n) is 10.8. The third-order valence-corrected chi connectivity index (χ3v) is 6.45. The molecule has 1 unspecified atom stereocenters. The molecule has 1 aliphatic rings. The van der Waals surface area contributed by atoms with Gasteiger partial charge in [0.05, 0.1) is 12.8 Å². The molecule has 4 rings (SSSR count). The summed E-state index contributed by atoms with van der Waals surface area (Å²) in [4.78, 5) is 16.0. The monoisotopic (exact) mass is 513 g/mol. The molecule has 1 aromatic heterocycles. The van der Waals surface area contributed by atoms with Crippen molar-refractivity contribution < 1.29 is 53.3 Å². The zero-order valence-electron chi connectivity index (χ0n) is 22.3. The Bertz CT molecular complexity index is 1240. The number of halogens is 1. The first-order valence-electron chi connectivity index (χ1n) is 12.4. The molecule has 0 amide bonds. The maximum Gasteiger partial charge on any atom is 1.00 e. The first kappa shape index (κ1) is 29.2. The molecule has 3 aromatic rings. The number of nitrogens with zero attached hydrogens (tertiary/aromatic N) is 1. The van der Waals surface area contributed by atoms with Gasteiger partial charge in [-0.05, 0) is 78.3 Å². The Labute approximate surface area is 240 Å². The molecule has 7 heteroatoms. The van der Waals surface area contributed by atoms with Gasteiger partial charge in [0.1, 0.15) is 18.2 Å². The number of aromatic nitrogens is 1. The zero-order chi connectivity index (χ0) is 25.9. The minimum Gasteiger partial charge on any atom is -0.550 e. The molecule has 1 atom stereocenters. The van der Waals surface area contributed by atoms with Crippen LogP contribution in [0.2, 0.25) is 0 Å². The van der Waals surface area contributed by atoms with E-state index >= 15 is 0 Å². The average Bonchev–Trinajstić information content (AvgIpc) is 3.66. The van der Waals surface area contributed by atoms with Crippen molar-refractivity contribution in [1.29, 1.82) is 0 Å². The van der Waals surface area contributed by atoms with Crippen LogP contribution in [0.5, 0.6) is 11.6 Å². The number of carboxylic acid groups (broad SMARTS) is 1. The van der Waals surface area contributed by atoms with Crippen molar-refractivity contribution >= 4 is 5.97 Å². The molecule has 5 nitrogen and oxygen atoms in total. The van der Waals surface area contributed by atoms with Crippen LogP contribution in [0.1, 0.15) is 62.8 Å². The van der Waals surface area contributed by atoms with Gasteiger partial charge in [-0.25, -0.2) is 9.37 Å². The maximum atomic E-state index is 14.8. The van der Waals surface area contributed by atoms with Crippen molar-refractivity contribution in [3.63, 3.8) is 0 Å². The van der Waals surface area contributed by atoms with Crippen LogP contribution in [0.25, 0.3) is 11.1 Å². The van der Waals surface area contributed by atoms with Crippen LogP contribution >= 0.6 is 0 Å². The summed E-state index contributed by atoms with van der Waals surface area (Å²) < 4.78 is 26.1. The van der Waals surface area contributed by atoms with E-state index in [0.29, 0.717) is 41.7 Å². The number of benzene rings is 2. The molecule has 1 fully saturated rings. The van der Waals surface area contributed by atoms with E-state index in [4.69, 9.17) is 14.5 Å². The summed E-state index contributed by atoms with van der Waals surface area (Å²) in [6.07, 6.45) is 2.78. The van der Waals surface area contributed by atoms with Crippen LogP contribution < -0.4 is 44.1 Å². The predicted octanol–water partition coefficient (Wildman–Crippen LogP) is 2.70. The van der Waals surface area contributed by atoms with E-state index in [0.717, 1.165) is 29.7 Å². The fourth-order valence-electron chi connectivity index (χ4n) is 4.59. The van der Waals surface area contributed by atoms with Crippen molar-refractivity contribution in [2.45, 2.75) is 59.0 Å². The van der Waals surface area contributed by atoms with E-state index in [1.54, 1.807) is 25.3 Å². The third kappa shape index (κ3) is 8.03. The van der Waals surface area contributed by atoms with Crippen molar-refractivity contribution in [2.75, 3.05) is 7.11 Å². The van der Waals surface area contributed by atoms with Gasteiger partial charge in [-0.15, -0.1) is 0 Å². The third-order valence-electron chi connectivity index (χ3n) is 6.45. The maximum absolute atomic E-state index is 14.8. The number of ether oxygens (including phenoxy) is 2. The first-order valence-corrected chi connectivity index (χ1v) is 12.4. The SMILES string of the molecule is COc1ccc(F)c(-c2ccc(OCc3cccc(C(CC(=O)[O-])C4CC4)c3)nc2CC(C)(C)C)c1.[Na+]. The first-order chi connectivity index (χ1) is 17.1. The van der Waals surface area contributed by atoms with Crippen LogP contribution in [-0.2, 0) is 17.8 Å². The Morgan fingerprint density at radius 1 is 1.11 bits per heavy atom. The van der Waals surface area contributed by atoms with E-state index in [2.05, 4.69) is 20.8 Å². The molecule has 0 aliphatic heterocycles. The summed E-state index contributed by atoms with van der Waals surface area (Å²) in [5, 5.41) is 11.3. The van der Waals surface area contributed by atoms with Gasteiger partial charge >= 0.3 is 29.6 Å². The molecule has 1 aliphatic carbocycles. The molecule has 2 aromatic carbocycles. The summed E-state index contributed by atoms with van der Waals surface area (Å²) in [6.45, 7) is 6.64. The topological polar surface area (TPSA) is 71.5 Å². The Balaban J connectivity index is 0.00000380. The number of carboxylic acids is 1. The van der Waals surface area contributed by atoms with Crippen LogP contribution in [0, 0.1) is 17.2 Å². The number of pyridine rings is 1. The van der Waals surface area contributed by atoms with Crippen LogP contribution in [0.4, 0.5) is 4.39 Å². The van der Waals surface area contributed by atoms with Gasteiger partial charge < -0.3 is 19.4 Å². The number of carbonyl (C=O) groups excluding carboxylic acids is 1. The van der Waals surface area contributed by atoms with Gasteiger partial charge in [-0.1, -0.05) is 45.0 Å². The van der Waals surface area contributed by atoms with Gasteiger partial charge in [0.2, 0.25) is 5.88 Å². The predicted molar refractivity (Wildman–Crippen MR) is 135 cm³/mol. The molecule has 0 N–H and O–H groups in total. The number of rotatable bonds is 10. The van der Waals surface area contributed by atoms with Gasteiger partial charge in [0.15, 0.2) is 0 Å². The van der Waals surface area contributed by atoms with E-state index < -0.39 is 5.97 Å². The number of aliphatic carboxylic acids is 1. The number of methoxy groups -OCH3 is 1. The van der Waals surface area contributed by atoms with Crippen LogP contribution in [-0.4, -0.2) is 18.1 Å². The second kappa shape index (κ2) is 12.4. The second-order valence-corrected chi connectivity index (χ2v) is 10.8. The van der Waals surface area contributed by atoms with Crippen molar-refractivity contribution in [3.05, 3.63) is 77.2 Å². The Morgan fingerprint density at radius 2 is 1.86 bits per heavy atom. The number of carbonyl (C=O) groups is 1. The average molecular weight is 514 g/mol. The van der Waals surface area contributed by atoms with Crippen LogP contribution in [0.3, 0.4) is 0 Å². The van der Waals surface area contributed by atoms with Gasteiger partial charge in [-0.2, -0.15) is 0 Å². The largest absolute Gasteiger partial charge is 1.00 e. The number of hydrogen-bond acceptors (Lipinski definition) is 5. The molecule has 0 radical (unpaired) electrons. The van der Waals surface area contributed by atoms with E-state index in [1.165, 1.54) is 6.07 Å². The van der Waals surface area contributed by atoms with E-state index in [1.807, 2.05) is 30.3 Å². The summed E-state index contributed by atoms with van der Waals surface area (Å²) >= 11 is 0.